The van der Waals surface area contributed by atoms with Crippen molar-refractivity contribution in [2.24, 2.45) is 0 Å². The lowest BCUT2D eigenvalue weighted by Crippen LogP contribution is -2.14. The summed E-state index contributed by atoms with van der Waals surface area (Å²) in [6.07, 6.45) is 1.48. The molecule has 2 rings (SSSR count). The Kier molecular flexibility index (Phi) is 4.79. The van der Waals surface area contributed by atoms with Crippen LogP contribution < -0.4 is 10.1 Å². The molecule has 106 valence electrons. The SMILES string of the molecule is COC(=O)c1occc1CNCc1ccc(OC)cc1. The van der Waals surface area contributed by atoms with Gasteiger partial charge in [-0.05, 0) is 23.8 Å². The molecule has 0 atom stereocenters. The number of furan rings is 1. The monoisotopic (exact) mass is 275 g/mol. The van der Waals surface area contributed by atoms with Crippen molar-refractivity contribution in [1.82, 2.24) is 5.32 Å². The van der Waals surface area contributed by atoms with E-state index in [9.17, 15) is 4.79 Å². The minimum absolute atomic E-state index is 0.245. The third kappa shape index (κ3) is 3.39. The lowest BCUT2D eigenvalue weighted by molar-refractivity contribution is 0.0563. The Morgan fingerprint density at radius 1 is 1.15 bits per heavy atom. The third-order valence-electron chi connectivity index (χ3n) is 2.92. The van der Waals surface area contributed by atoms with Crippen LogP contribution in [0.15, 0.2) is 41.0 Å². The molecule has 5 nitrogen and oxygen atoms in total. The molecule has 1 heterocycles. The van der Waals surface area contributed by atoms with Gasteiger partial charge in [0.15, 0.2) is 0 Å². The summed E-state index contributed by atoms with van der Waals surface area (Å²) in [6, 6.07) is 9.56. The number of nitrogens with one attached hydrogen (secondary N) is 1. The number of hydrogen-bond donors (Lipinski definition) is 1. The normalized spacial score (nSPS) is 10.3. The summed E-state index contributed by atoms with van der Waals surface area (Å²) in [6.45, 7) is 1.22. The smallest absolute Gasteiger partial charge is 0.374 e. The molecular formula is C15H17NO4. The molecule has 0 amide bonds. The van der Waals surface area contributed by atoms with Crippen molar-refractivity contribution in [3.63, 3.8) is 0 Å². The van der Waals surface area contributed by atoms with Crippen LogP contribution in [0.3, 0.4) is 0 Å². The second-order valence-electron chi connectivity index (χ2n) is 4.22. The predicted molar refractivity (Wildman–Crippen MR) is 73.6 cm³/mol. The number of carbonyl (C=O) groups is 1. The summed E-state index contributed by atoms with van der Waals surface area (Å²) in [4.78, 5) is 11.4. The Bertz CT molecular complexity index is 560. The summed E-state index contributed by atoms with van der Waals surface area (Å²) in [7, 11) is 2.97. The van der Waals surface area contributed by atoms with Crippen LogP contribution in [0.2, 0.25) is 0 Å². The summed E-state index contributed by atoms with van der Waals surface area (Å²) < 4.78 is 14.9. The standard InChI is InChI=1S/C15H17NO4/c1-18-13-5-3-11(4-6-13)9-16-10-12-7-8-20-14(12)15(17)19-2/h3-8,16H,9-10H2,1-2H3. The van der Waals surface area contributed by atoms with Gasteiger partial charge in [0.25, 0.3) is 0 Å². The highest BCUT2D eigenvalue weighted by Gasteiger charge is 2.14. The first kappa shape index (κ1) is 14.1. The maximum absolute atomic E-state index is 11.4. The van der Waals surface area contributed by atoms with Crippen molar-refractivity contribution in [2.45, 2.75) is 13.1 Å². The third-order valence-corrected chi connectivity index (χ3v) is 2.92. The molecule has 0 aliphatic rings. The van der Waals surface area contributed by atoms with Crippen LogP contribution in [0.1, 0.15) is 21.7 Å². The largest absolute Gasteiger partial charge is 0.497 e. The number of ether oxygens (including phenoxy) is 2. The summed E-state index contributed by atoms with van der Waals surface area (Å²) in [5.74, 6) is 0.613. The van der Waals surface area contributed by atoms with Gasteiger partial charge >= 0.3 is 5.97 Å². The van der Waals surface area contributed by atoms with Crippen molar-refractivity contribution in [1.29, 1.82) is 0 Å². The molecule has 0 fully saturated rings. The van der Waals surface area contributed by atoms with Crippen molar-refractivity contribution < 1.29 is 18.7 Å². The fourth-order valence-corrected chi connectivity index (χ4v) is 1.83. The second-order valence-corrected chi connectivity index (χ2v) is 4.22. The summed E-state index contributed by atoms with van der Waals surface area (Å²) in [5.41, 5.74) is 1.92. The zero-order valence-corrected chi connectivity index (χ0v) is 11.5. The molecular weight excluding hydrogens is 258 g/mol. The lowest BCUT2D eigenvalue weighted by atomic mass is 10.2. The summed E-state index contributed by atoms with van der Waals surface area (Å²) in [5, 5.41) is 3.25. The van der Waals surface area contributed by atoms with E-state index in [2.05, 4.69) is 10.1 Å². The molecule has 2 aromatic rings. The number of rotatable bonds is 6. The Labute approximate surface area is 117 Å². The number of esters is 1. The number of hydrogen-bond acceptors (Lipinski definition) is 5. The molecule has 1 aromatic heterocycles. The Hall–Kier alpha value is -2.27. The fourth-order valence-electron chi connectivity index (χ4n) is 1.83. The molecule has 0 spiro atoms. The van der Waals surface area contributed by atoms with Gasteiger partial charge in [-0.15, -0.1) is 0 Å². The maximum Gasteiger partial charge on any atom is 0.374 e. The highest BCUT2D eigenvalue weighted by atomic mass is 16.5. The average molecular weight is 275 g/mol. The molecule has 1 aromatic carbocycles. The molecule has 1 N–H and O–H groups in total. The van der Waals surface area contributed by atoms with Crippen molar-refractivity contribution in [3.8, 4) is 5.75 Å². The van der Waals surface area contributed by atoms with E-state index in [4.69, 9.17) is 9.15 Å². The van der Waals surface area contributed by atoms with Gasteiger partial charge in [-0.1, -0.05) is 12.1 Å². The second kappa shape index (κ2) is 6.77. The van der Waals surface area contributed by atoms with E-state index in [0.29, 0.717) is 13.1 Å². The van der Waals surface area contributed by atoms with E-state index in [-0.39, 0.29) is 5.76 Å². The highest BCUT2D eigenvalue weighted by Crippen LogP contribution is 2.13. The van der Waals surface area contributed by atoms with E-state index < -0.39 is 5.97 Å². The van der Waals surface area contributed by atoms with Crippen LogP contribution in [0.4, 0.5) is 0 Å². The van der Waals surface area contributed by atoms with Crippen molar-refractivity contribution in [2.75, 3.05) is 14.2 Å². The maximum atomic E-state index is 11.4. The molecule has 20 heavy (non-hydrogen) atoms. The molecule has 0 unspecified atom stereocenters. The van der Waals surface area contributed by atoms with Crippen LogP contribution in [0.5, 0.6) is 5.75 Å². The van der Waals surface area contributed by atoms with Crippen LogP contribution in [-0.4, -0.2) is 20.2 Å². The van der Waals surface area contributed by atoms with Gasteiger partial charge in [-0.3, -0.25) is 0 Å². The van der Waals surface area contributed by atoms with Gasteiger partial charge in [0.1, 0.15) is 5.75 Å². The van der Waals surface area contributed by atoms with Crippen LogP contribution >= 0.6 is 0 Å². The van der Waals surface area contributed by atoms with Crippen LogP contribution in [0.25, 0.3) is 0 Å². The molecule has 0 aliphatic carbocycles. The first-order valence-corrected chi connectivity index (χ1v) is 6.23. The Balaban J connectivity index is 1.89. The summed E-state index contributed by atoms with van der Waals surface area (Å²) >= 11 is 0. The molecule has 0 aliphatic heterocycles. The van der Waals surface area contributed by atoms with Crippen LogP contribution in [-0.2, 0) is 17.8 Å². The van der Waals surface area contributed by atoms with E-state index >= 15 is 0 Å². The first-order chi connectivity index (χ1) is 9.74. The number of carbonyl (C=O) groups excluding carboxylic acids is 1. The predicted octanol–water partition coefficient (Wildman–Crippen LogP) is 2.36. The minimum Gasteiger partial charge on any atom is -0.497 e. The van der Waals surface area contributed by atoms with Crippen molar-refractivity contribution in [3.05, 3.63) is 53.5 Å². The molecule has 0 bridgehead atoms. The van der Waals surface area contributed by atoms with Crippen LogP contribution in [0, 0.1) is 0 Å². The zero-order chi connectivity index (χ0) is 14.4. The minimum atomic E-state index is -0.462. The molecule has 0 saturated heterocycles. The van der Waals surface area contributed by atoms with Gasteiger partial charge in [-0.25, -0.2) is 4.79 Å². The van der Waals surface area contributed by atoms with Gasteiger partial charge in [-0.2, -0.15) is 0 Å². The molecule has 0 saturated carbocycles. The van der Waals surface area contributed by atoms with Gasteiger partial charge in [0, 0.05) is 18.7 Å². The molecule has 5 heteroatoms. The topological polar surface area (TPSA) is 60.7 Å². The highest BCUT2D eigenvalue weighted by molar-refractivity contribution is 5.87. The lowest BCUT2D eigenvalue weighted by Gasteiger charge is -2.06. The van der Waals surface area contributed by atoms with Crippen molar-refractivity contribution >= 4 is 5.97 Å². The fraction of sp³-hybridized carbons (Fsp3) is 0.267. The first-order valence-electron chi connectivity index (χ1n) is 6.23. The Morgan fingerprint density at radius 3 is 2.55 bits per heavy atom. The number of methoxy groups -OCH3 is 2. The van der Waals surface area contributed by atoms with E-state index in [0.717, 1.165) is 16.9 Å². The average Bonchev–Trinajstić information content (AvgIpc) is 2.95. The van der Waals surface area contributed by atoms with E-state index in [1.807, 2.05) is 24.3 Å². The van der Waals surface area contributed by atoms with Gasteiger partial charge in [0.2, 0.25) is 5.76 Å². The van der Waals surface area contributed by atoms with Gasteiger partial charge < -0.3 is 19.2 Å². The van der Waals surface area contributed by atoms with E-state index in [1.165, 1.54) is 13.4 Å². The quantitative estimate of drug-likeness (QED) is 0.820. The zero-order valence-electron chi connectivity index (χ0n) is 11.5. The molecule has 0 radical (unpaired) electrons. The number of benzene rings is 1. The Morgan fingerprint density at radius 2 is 1.90 bits per heavy atom. The van der Waals surface area contributed by atoms with Gasteiger partial charge in [0.05, 0.1) is 20.5 Å². The van der Waals surface area contributed by atoms with E-state index in [1.54, 1.807) is 13.2 Å².